The molecule has 0 saturated carbocycles. The first-order valence-corrected chi connectivity index (χ1v) is 11.5. The highest BCUT2D eigenvalue weighted by atomic mass is 32.2. The van der Waals surface area contributed by atoms with Crippen LogP contribution in [0.1, 0.15) is 27.9 Å². The number of nitrogens with zero attached hydrogens (tertiary/aromatic N) is 1. The van der Waals surface area contributed by atoms with Gasteiger partial charge in [-0.05, 0) is 73.4 Å². The van der Waals surface area contributed by atoms with Gasteiger partial charge in [-0.15, -0.1) is 0 Å². The van der Waals surface area contributed by atoms with Crippen LogP contribution in [-0.4, -0.2) is 28.0 Å². The summed E-state index contributed by atoms with van der Waals surface area (Å²) in [6, 6.07) is 19.1. The third-order valence-corrected chi connectivity index (χ3v) is 7.20. The van der Waals surface area contributed by atoms with Gasteiger partial charge in [0.05, 0.1) is 23.4 Å². The fourth-order valence-electron chi connectivity index (χ4n) is 3.77. The van der Waals surface area contributed by atoms with E-state index in [9.17, 15) is 13.2 Å². The number of amides is 1. The minimum absolute atomic E-state index is 0.161. The van der Waals surface area contributed by atoms with E-state index in [1.54, 1.807) is 13.2 Å². The summed E-state index contributed by atoms with van der Waals surface area (Å²) in [7, 11) is -2.17. The first-order valence-electron chi connectivity index (χ1n) is 10.1. The number of carbonyl (C=O) groups is 1. The number of para-hydroxylation sites is 1. The number of carbonyl (C=O) groups excluding carboxylic acids is 1. The van der Waals surface area contributed by atoms with Crippen LogP contribution in [0.5, 0.6) is 5.75 Å². The van der Waals surface area contributed by atoms with E-state index >= 15 is 0 Å². The lowest BCUT2D eigenvalue weighted by atomic mass is 10.0. The Bertz CT molecular complexity index is 1220. The van der Waals surface area contributed by atoms with Gasteiger partial charge in [0.15, 0.2) is 0 Å². The summed E-state index contributed by atoms with van der Waals surface area (Å²) in [5.41, 5.74) is 3.66. The molecule has 0 atom stereocenters. The van der Waals surface area contributed by atoms with Crippen LogP contribution in [0.15, 0.2) is 71.6 Å². The predicted octanol–water partition coefficient (Wildman–Crippen LogP) is 4.40. The van der Waals surface area contributed by atoms with E-state index in [-0.39, 0.29) is 10.8 Å². The molecule has 3 aromatic carbocycles. The Morgan fingerprint density at radius 3 is 2.52 bits per heavy atom. The summed E-state index contributed by atoms with van der Waals surface area (Å²) in [5.74, 6) is 0.220. The molecule has 1 aliphatic rings. The maximum Gasteiger partial charge on any atom is 0.264 e. The molecule has 1 aliphatic heterocycles. The van der Waals surface area contributed by atoms with Crippen LogP contribution in [0, 0.1) is 6.92 Å². The molecule has 0 aliphatic carbocycles. The highest BCUT2D eigenvalue weighted by molar-refractivity contribution is 7.92. The number of nitrogens with one attached hydrogen (secondary N) is 1. The largest absolute Gasteiger partial charge is 0.495 e. The zero-order valence-electron chi connectivity index (χ0n) is 17.5. The van der Waals surface area contributed by atoms with Crippen LogP contribution < -0.4 is 14.4 Å². The maximum absolute atomic E-state index is 13.3. The molecule has 7 heteroatoms. The van der Waals surface area contributed by atoms with Crippen molar-refractivity contribution in [2.45, 2.75) is 24.7 Å². The molecule has 0 bridgehead atoms. The van der Waals surface area contributed by atoms with E-state index in [2.05, 4.69) is 5.32 Å². The second-order valence-corrected chi connectivity index (χ2v) is 9.35. The van der Waals surface area contributed by atoms with Gasteiger partial charge in [-0.3, -0.25) is 9.10 Å². The third-order valence-electron chi connectivity index (χ3n) is 5.38. The molecule has 6 nitrogen and oxygen atoms in total. The summed E-state index contributed by atoms with van der Waals surface area (Å²) in [6.45, 7) is 2.36. The molecule has 4 rings (SSSR count). The lowest BCUT2D eigenvalue weighted by Gasteiger charge is -2.30. The van der Waals surface area contributed by atoms with Crippen molar-refractivity contribution in [3.63, 3.8) is 0 Å². The van der Waals surface area contributed by atoms with Crippen LogP contribution >= 0.6 is 0 Å². The minimum Gasteiger partial charge on any atom is -0.495 e. The van der Waals surface area contributed by atoms with Crippen LogP contribution in [0.2, 0.25) is 0 Å². The lowest BCUT2D eigenvalue weighted by molar-refractivity contribution is 0.102. The molecule has 0 aromatic heterocycles. The van der Waals surface area contributed by atoms with Gasteiger partial charge in [-0.2, -0.15) is 0 Å². The van der Waals surface area contributed by atoms with Crippen LogP contribution in [0.25, 0.3) is 0 Å². The van der Waals surface area contributed by atoms with Gasteiger partial charge < -0.3 is 10.1 Å². The molecular weight excluding hydrogens is 412 g/mol. The number of rotatable bonds is 5. The van der Waals surface area contributed by atoms with Crippen molar-refractivity contribution in [3.8, 4) is 5.75 Å². The predicted molar refractivity (Wildman–Crippen MR) is 121 cm³/mol. The van der Waals surface area contributed by atoms with Gasteiger partial charge in [0, 0.05) is 12.1 Å². The molecular formula is C24H24N2O4S. The fourth-order valence-corrected chi connectivity index (χ4v) is 5.31. The van der Waals surface area contributed by atoms with Crippen molar-refractivity contribution in [2.24, 2.45) is 0 Å². The second kappa shape index (κ2) is 8.43. The van der Waals surface area contributed by atoms with Crippen LogP contribution in [0.3, 0.4) is 0 Å². The fraction of sp³-hybridized carbons (Fsp3) is 0.208. The molecule has 160 valence electrons. The topological polar surface area (TPSA) is 75.7 Å². The van der Waals surface area contributed by atoms with E-state index in [0.717, 1.165) is 29.7 Å². The molecule has 1 heterocycles. The van der Waals surface area contributed by atoms with Crippen molar-refractivity contribution >= 4 is 27.3 Å². The minimum atomic E-state index is -3.71. The van der Waals surface area contributed by atoms with Gasteiger partial charge >= 0.3 is 0 Å². The normalized spacial score (nSPS) is 13.4. The van der Waals surface area contributed by atoms with Crippen molar-refractivity contribution in [1.82, 2.24) is 0 Å². The number of ether oxygens (including phenoxy) is 1. The Morgan fingerprint density at radius 1 is 1.03 bits per heavy atom. The molecule has 1 N–H and O–H groups in total. The van der Waals surface area contributed by atoms with E-state index < -0.39 is 10.0 Å². The first kappa shape index (κ1) is 20.9. The SMILES string of the molecule is COc1ccc(C)cc1NC(=O)c1ccc(S(=O)(=O)N2CCCc3ccccc32)cc1. The van der Waals surface area contributed by atoms with Crippen LogP contribution in [-0.2, 0) is 16.4 Å². The lowest BCUT2D eigenvalue weighted by Crippen LogP contribution is -2.35. The smallest absolute Gasteiger partial charge is 0.264 e. The number of hydrogen-bond acceptors (Lipinski definition) is 4. The van der Waals surface area contributed by atoms with E-state index in [1.807, 2.05) is 43.3 Å². The van der Waals surface area contributed by atoms with Gasteiger partial charge in [0.1, 0.15) is 5.75 Å². The Morgan fingerprint density at radius 2 is 1.77 bits per heavy atom. The summed E-state index contributed by atoms with van der Waals surface area (Å²) < 4.78 is 33.3. The molecule has 0 spiro atoms. The van der Waals surface area contributed by atoms with Gasteiger partial charge in [0.25, 0.3) is 15.9 Å². The number of benzene rings is 3. The number of fused-ring (bicyclic) bond motifs is 1. The second-order valence-electron chi connectivity index (χ2n) is 7.49. The van der Waals surface area contributed by atoms with E-state index in [4.69, 9.17) is 4.74 Å². The molecule has 0 unspecified atom stereocenters. The molecule has 0 saturated heterocycles. The summed E-state index contributed by atoms with van der Waals surface area (Å²) >= 11 is 0. The highest BCUT2D eigenvalue weighted by Crippen LogP contribution is 2.32. The number of anilines is 2. The Balaban J connectivity index is 1.57. The molecule has 1 amide bonds. The van der Waals surface area contributed by atoms with Gasteiger partial charge in [0.2, 0.25) is 0 Å². The number of aryl methyl sites for hydroxylation is 2. The average Bonchev–Trinajstić information content (AvgIpc) is 2.79. The number of methoxy groups -OCH3 is 1. The Kier molecular flexibility index (Phi) is 5.69. The van der Waals surface area contributed by atoms with Crippen molar-refractivity contribution in [2.75, 3.05) is 23.3 Å². The molecule has 31 heavy (non-hydrogen) atoms. The molecule has 3 aromatic rings. The zero-order valence-corrected chi connectivity index (χ0v) is 18.3. The van der Waals surface area contributed by atoms with Crippen molar-refractivity contribution in [3.05, 3.63) is 83.4 Å². The number of hydrogen-bond donors (Lipinski definition) is 1. The van der Waals surface area contributed by atoms with E-state index in [1.165, 1.54) is 28.6 Å². The maximum atomic E-state index is 13.3. The quantitative estimate of drug-likeness (QED) is 0.643. The summed E-state index contributed by atoms with van der Waals surface area (Å²) in [6.07, 6.45) is 1.64. The molecule has 0 fully saturated rings. The Labute approximate surface area is 182 Å². The third kappa shape index (κ3) is 4.14. The van der Waals surface area contributed by atoms with E-state index in [0.29, 0.717) is 23.5 Å². The summed E-state index contributed by atoms with van der Waals surface area (Å²) in [5, 5.41) is 2.83. The van der Waals surface area contributed by atoms with Gasteiger partial charge in [-0.1, -0.05) is 24.3 Å². The first-order chi connectivity index (χ1) is 14.9. The van der Waals surface area contributed by atoms with Gasteiger partial charge in [-0.25, -0.2) is 8.42 Å². The standard InChI is InChI=1S/C24H24N2O4S/c1-17-9-14-23(30-2)21(16-17)25-24(27)19-10-12-20(13-11-19)31(28,29)26-15-5-7-18-6-3-4-8-22(18)26/h3-4,6,8-14,16H,5,7,15H2,1-2H3,(H,25,27). The van der Waals surface area contributed by atoms with Crippen molar-refractivity contribution < 1.29 is 17.9 Å². The van der Waals surface area contributed by atoms with Crippen LogP contribution in [0.4, 0.5) is 11.4 Å². The monoisotopic (exact) mass is 436 g/mol. The van der Waals surface area contributed by atoms with Crippen molar-refractivity contribution in [1.29, 1.82) is 0 Å². The Hall–Kier alpha value is -3.32. The molecule has 0 radical (unpaired) electrons. The zero-order chi connectivity index (χ0) is 22.0. The highest BCUT2D eigenvalue weighted by Gasteiger charge is 2.29. The summed E-state index contributed by atoms with van der Waals surface area (Å²) in [4.78, 5) is 12.9. The average molecular weight is 437 g/mol. The number of sulfonamides is 1.